The summed E-state index contributed by atoms with van der Waals surface area (Å²) in [7, 11) is 1.90. The van der Waals surface area contributed by atoms with Gasteiger partial charge in [-0.2, -0.15) is 0 Å². The van der Waals surface area contributed by atoms with Gasteiger partial charge in [-0.25, -0.2) is 0 Å². The average Bonchev–Trinajstić information content (AvgIpc) is 3.11. The lowest BCUT2D eigenvalue weighted by Crippen LogP contribution is -2.52. The quantitative estimate of drug-likeness (QED) is 0.419. The topological polar surface area (TPSA) is 64.1 Å². The van der Waals surface area contributed by atoms with Crippen molar-refractivity contribution in [2.45, 2.75) is 32.4 Å². The number of halogens is 3. The molecule has 0 aliphatic carbocycles. The van der Waals surface area contributed by atoms with Crippen LogP contribution in [-0.4, -0.2) is 41.5 Å². The minimum absolute atomic E-state index is 0.152. The van der Waals surface area contributed by atoms with Crippen molar-refractivity contribution in [1.29, 1.82) is 0 Å². The molecule has 0 spiro atoms. The zero-order valence-corrected chi connectivity index (χ0v) is 18.0. The highest BCUT2D eigenvalue weighted by atomic mass is 35.5. The van der Waals surface area contributed by atoms with Gasteiger partial charge in [0, 0.05) is 11.1 Å². The third-order valence-electron chi connectivity index (χ3n) is 4.14. The molecule has 0 amide bonds. The smallest absolute Gasteiger partial charge is 0.309 e. The number of anilines is 1. The predicted octanol–water partition coefficient (Wildman–Crippen LogP) is 4.94. The number of rotatable bonds is 3. The SMILES string of the molecule is CN1CC(Nc2cc(Cl)c(Cl)c(Cl)c2)[N+]([O-])(c2nnc(C(C)(C)C)s2)C1. The molecule has 0 saturated carbocycles. The molecule has 0 radical (unpaired) electrons. The van der Waals surface area contributed by atoms with Crippen molar-refractivity contribution < 1.29 is 0 Å². The van der Waals surface area contributed by atoms with Crippen molar-refractivity contribution in [3.63, 3.8) is 0 Å². The Balaban J connectivity index is 1.92. The maximum absolute atomic E-state index is 13.7. The van der Waals surface area contributed by atoms with Crippen molar-refractivity contribution in [3.8, 4) is 0 Å². The number of benzene rings is 1. The second-order valence-electron chi connectivity index (χ2n) is 7.53. The molecule has 0 bridgehead atoms. The molecular formula is C16H20Cl3N5OS. The van der Waals surface area contributed by atoms with E-state index in [9.17, 15) is 5.21 Å². The van der Waals surface area contributed by atoms with Gasteiger partial charge in [0.15, 0.2) is 6.17 Å². The van der Waals surface area contributed by atoms with Crippen LogP contribution in [0.15, 0.2) is 12.1 Å². The van der Waals surface area contributed by atoms with Gasteiger partial charge in [0.05, 0.1) is 21.6 Å². The molecular weight excluding hydrogens is 417 g/mol. The first-order valence-electron chi connectivity index (χ1n) is 8.03. The first-order valence-corrected chi connectivity index (χ1v) is 9.98. The molecule has 1 aromatic carbocycles. The molecule has 1 saturated heterocycles. The van der Waals surface area contributed by atoms with Gasteiger partial charge in [-0.3, -0.25) is 9.55 Å². The maximum Gasteiger partial charge on any atom is 0.309 e. The summed E-state index contributed by atoms with van der Waals surface area (Å²) in [6.07, 6.45) is -0.464. The van der Waals surface area contributed by atoms with Crippen LogP contribution in [0.5, 0.6) is 0 Å². The van der Waals surface area contributed by atoms with Crippen molar-refractivity contribution in [1.82, 2.24) is 19.7 Å². The molecule has 2 unspecified atom stereocenters. The summed E-state index contributed by atoms with van der Waals surface area (Å²) in [6.45, 7) is 6.99. The molecule has 6 nitrogen and oxygen atoms in total. The Morgan fingerprint density at radius 2 is 1.85 bits per heavy atom. The number of hydrogen-bond donors (Lipinski definition) is 1. The second-order valence-corrected chi connectivity index (χ2v) is 9.68. The lowest BCUT2D eigenvalue weighted by molar-refractivity contribution is 0.322. The van der Waals surface area contributed by atoms with Crippen LogP contribution in [0.4, 0.5) is 10.8 Å². The van der Waals surface area contributed by atoms with E-state index in [-0.39, 0.29) is 12.1 Å². The van der Waals surface area contributed by atoms with E-state index in [1.54, 1.807) is 12.1 Å². The highest BCUT2D eigenvalue weighted by molar-refractivity contribution is 7.15. The van der Waals surface area contributed by atoms with E-state index in [2.05, 4.69) is 36.3 Å². The zero-order valence-electron chi connectivity index (χ0n) is 14.9. The first-order chi connectivity index (χ1) is 12.0. The van der Waals surface area contributed by atoms with Gasteiger partial charge in [-0.1, -0.05) is 60.7 Å². The predicted molar refractivity (Wildman–Crippen MR) is 110 cm³/mol. The highest BCUT2D eigenvalue weighted by Crippen LogP contribution is 2.38. The van der Waals surface area contributed by atoms with Crippen LogP contribution >= 0.6 is 46.1 Å². The summed E-state index contributed by atoms with van der Waals surface area (Å²) < 4.78 is -0.623. The van der Waals surface area contributed by atoms with E-state index in [0.717, 1.165) is 5.01 Å². The number of aromatic nitrogens is 2. The van der Waals surface area contributed by atoms with E-state index in [1.165, 1.54) is 11.3 Å². The fraction of sp³-hybridized carbons (Fsp3) is 0.500. The molecule has 1 N–H and O–H groups in total. The highest BCUT2D eigenvalue weighted by Gasteiger charge is 2.43. The zero-order chi connectivity index (χ0) is 19.3. The Kier molecular flexibility index (Phi) is 5.45. The van der Waals surface area contributed by atoms with Crippen LogP contribution in [0.2, 0.25) is 15.1 Å². The molecule has 1 aliphatic heterocycles. The van der Waals surface area contributed by atoms with Crippen LogP contribution in [0.1, 0.15) is 25.8 Å². The lowest BCUT2D eigenvalue weighted by Gasteiger charge is -2.39. The van der Waals surface area contributed by atoms with Crippen LogP contribution in [0, 0.1) is 5.21 Å². The van der Waals surface area contributed by atoms with Gasteiger partial charge in [-0.05, 0) is 30.5 Å². The van der Waals surface area contributed by atoms with Gasteiger partial charge in [0.2, 0.25) is 0 Å². The molecule has 2 atom stereocenters. The number of nitrogens with one attached hydrogen (secondary N) is 1. The number of hydroxylamine groups is 2. The Morgan fingerprint density at radius 3 is 2.38 bits per heavy atom. The van der Waals surface area contributed by atoms with Crippen LogP contribution in [0.25, 0.3) is 0 Å². The molecule has 142 valence electrons. The van der Waals surface area contributed by atoms with E-state index >= 15 is 0 Å². The molecule has 2 aromatic rings. The molecule has 26 heavy (non-hydrogen) atoms. The van der Waals surface area contributed by atoms with E-state index < -0.39 is 10.8 Å². The van der Waals surface area contributed by atoms with Crippen molar-refractivity contribution in [2.24, 2.45) is 0 Å². The van der Waals surface area contributed by atoms with E-state index in [4.69, 9.17) is 34.8 Å². The Morgan fingerprint density at radius 1 is 1.23 bits per heavy atom. The number of likely N-dealkylation sites (N-methyl/N-ethyl adjacent to an activating group) is 1. The Bertz CT molecular complexity index is 801. The minimum Gasteiger partial charge on any atom is -0.623 e. The summed E-state index contributed by atoms with van der Waals surface area (Å²) in [4.78, 5) is 1.96. The molecule has 3 rings (SSSR count). The van der Waals surface area contributed by atoms with Crippen molar-refractivity contribution in [2.75, 3.05) is 25.6 Å². The number of quaternary nitrogens is 1. The van der Waals surface area contributed by atoms with Crippen LogP contribution in [0.3, 0.4) is 0 Å². The van der Waals surface area contributed by atoms with Crippen molar-refractivity contribution >= 4 is 57.0 Å². The van der Waals surface area contributed by atoms with Crippen molar-refractivity contribution in [3.05, 3.63) is 37.4 Å². The normalized spacial score (nSPS) is 24.2. The molecule has 1 fully saturated rings. The summed E-state index contributed by atoms with van der Waals surface area (Å²) in [5.41, 5.74) is 0.490. The number of hydrogen-bond acceptors (Lipinski definition) is 6. The average molecular weight is 437 g/mol. The molecule has 1 aromatic heterocycles. The fourth-order valence-electron chi connectivity index (χ4n) is 2.79. The van der Waals surface area contributed by atoms with Gasteiger partial charge >= 0.3 is 5.13 Å². The fourth-order valence-corrected chi connectivity index (χ4v) is 4.37. The van der Waals surface area contributed by atoms with Crippen LogP contribution < -0.4 is 9.96 Å². The Hall–Kier alpha value is -0.670. The van der Waals surface area contributed by atoms with E-state index in [0.29, 0.717) is 32.4 Å². The van der Waals surface area contributed by atoms with Gasteiger partial charge in [0.25, 0.3) is 0 Å². The minimum atomic E-state index is -0.623. The second kappa shape index (κ2) is 7.05. The molecule has 1 aliphatic rings. The lowest BCUT2D eigenvalue weighted by atomic mass is 9.98. The van der Waals surface area contributed by atoms with Gasteiger partial charge in [-0.15, -0.1) is 5.10 Å². The van der Waals surface area contributed by atoms with E-state index in [1.807, 2.05) is 11.9 Å². The maximum atomic E-state index is 13.7. The van der Waals surface area contributed by atoms with Gasteiger partial charge in [0.1, 0.15) is 11.7 Å². The van der Waals surface area contributed by atoms with Gasteiger partial charge < -0.3 is 10.5 Å². The summed E-state index contributed by atoms with van der Waals surface area (Å²) in [5, 5.41) is 27.6. The third kappa shape index (κ3) is 3.80. The number of nitrogens with zero attached hydrogens (tertiary/aromatic N) is 4. The van der Waals surface area contributed by atoms with Crippen LogP contribution in [-0.2, 0) is 5.41 Å². The summed E-state index contributed by atoms with van der Waals surface area (Å²) >= 11 is 19.6. The first kappa shape index (κ1) is 20.1. The third-order valence-corrected chi connectivity index (χ3v) is 6.79. The summed E-state index contributed by atoms with van der Waals surface area (Å²) in [5.74, 6) is 0. The molecule has 10 heteroatoms. The standard InChI is InChI=1S/C16H20Cl3N5OS/c1-16(2,3)14-21-22-15(26-14)24(25)8-23(4)7-12(24)20-9-5-10(17)13(19)11(18)6-9/h5-6,12,20H,7-8H2,1-4H3. The molecule has 2 heterocycles. The Labute approximate surface area is 171 Å². The summed E-state index contributed by atoms with van der Waals surface area (Å²) in [6, 6.07) is 3.33. The monoisotopic (exact) mass is 435 g/mol. The largest absolute Gasteiger partial charge is 0.623 e.